The Hall–Kier alpha value is -9.10. The van der Waals surface area contributed by atoms with Crippen LogP contribution in [0.15, 0.2) is 118 Å². The summed E-state index contributed by atoms with van der Waals surface area (Å²) in [6.07, 6.45) is -1.52. The average Bonchev–Trinajstić information content (AvgIpc) is 1.52. The minimum atomic E-state index is -1.65. The van der Waals surface area contributed by atoms with Gasteiger partial charge in [-0.25, -0.2) is 43.2 Å². The summed E-state index contributed by atoms with van der Waals surface area (Å²) in [4.78, 5) is 148. The van der Waals surface area contributed by atoms with Gasteiger partial charge in [-0.3, -0.25) is 30.0 Å². The van der Waals surface area contributed by atoms with E-state index in [4.69, 9.17) is 43.0 Å². The standard InChI is InChI=1S/2C27H30N2O13.Na/c2*1-15(2)42-26(34)23-17(4)28(27(35)41-14-40-21(32)10-9-20(30)31)16(3)22(25(33)39-12-11-38-5)24(23)18-7-6-8-19(13-18)29(36)37;/h2*6-10,13,15,24H,11-12,14H2,1-5H3,(H,30,31);/q;;+1/p-1/b2*10-9+;. The monoisotopic (exact) mass is 1200 g/mol. The van der Waals surface area contributed by atoms with Gasteiger partial charge in [0.15, 0.2) is 0 Å². The van der Waals surface area contributed by atoms with Crippen molar-refractivity contribution in [2.75, 3.05) is 54.2 Å². The van der Waals surface area contributed by atoms with E-state index in [0.29, 0.717) is 24.3 Å². The molecule has 0 aliphatic carbocycles. The fourth-order valence-corrected chi connectivity index (χ4v) is 7.94. The van der Waals surface area contributed by atoms with Gasteiger partial charge in [-0.2, -0.15) is 0 Å². The normalized spacial score (nSPS) is 14.9. The Bertz CT molecular complexity index is 2900. The van der Waals surface area contributed by atoms with Gasteiger partial charge in [-0.05, 0) is 72.6 Å². The van der Waals surface area contributed by atoms with Crippen molar-refractivity contribution in [3.63, 3.8) is 0 Å². The van der Waals surface area contributed by atoms with Crippen LogP contribution in [0.25, 0.3) is 0 Å². The van der Waals surface area contributed by atoms with Crippen molar-refractivity contribution >= 4 is 71.3 Å². The smallest absolute Gasteiger partial charge is 0.545 e. The van der Waals surface area contributed by atoms with Crippen molar-refractivity contribution in [2.24, 2.45) is 0 Å². The topological polar surface area (TPSA) is 399 Å². The van der Waals surface area contributed by atoms with E-state index in [-0.39, 0.29) is 124 Å². The number of amides is 2. The number of methoxy groups -OCH3 is 2. The number of hydrogen-bond acceptors (Lipinski definition) is 25. The number of nitrogens with zero attached hydrogens (tertiary/aromatic N) is 4. The van der Waals surface area contributed by atoms with Gasteiger partial charge in [0.25, 0.3) is 11.4 Å². The third-order valence-corrected chi connectivity index (χ3v) is 11.3. The van der Waals surface area contributed by atoms with Gasteiger partial charge < -0.3 is 62.4 Å². The van der Waals surface area contributed by atoms with Crippen LogP contribution in [0.4, 0.5) is 21.0 Å². The summed E-state index contributed by atoms with van der Waals surface area (Å²) in [5.41, 5.74) is -1.33. The summed E-state index contributed by atoms with van der Waals surface area (Å²) in [5.74, 6) is -11.6. The predicted octanol–water partition coefficient (Wildman–Crippen LogP) is 1.59. The van der Waals surface area contributed by atoms with Gasteiger partial charge in [-0.15, -0.1) is 0 Å². The molecule has 31 heteroatoms. The summed E-state index contributed by atoms with van der Waals surface area (Å²) in [6.45, 7) is 9.58. The molecule has 452 valence electrons. The number of carboxylic acids is 2. The van der Waals surface area contributed by atoms with Crippen molar-refractivity contribution in [2.45, 2.75) is 79.4 Å². The molecule has 2 unspecified atom stereocenters. The first-order chi connectivity index (χ1) is 39.6. The minimum absolute atomic E-state index is 0. The maximum atomic E-state index is 13.4. The molecule has 0 bridgehead atoms. The molecule has 2 amide bonds. The summed E-state index contributed by atoms with van der Waals surface area (Å²) in [7, 11) is 2.77. The van der Waals surface area contributed by atoms with Crippen LogP contribution in [0.3, 0.4) is 0 Å². The maximum absolute atomic E-state index is 13.4. The Balaban J connectivity index is 0.000000573. The average molecular weight is 1200 g/mol. The molecule has 2 aromatic carbocycles. The molecule has 30 nitrogen and oxygen atoms in total. The number of nitro groups is 2. The van der Waals surface area contributed by atoms with Gasteiger partial charge in [0.1, 0.15) is 13.2 Å². The first kappa shape index (κ1) is 72.0. The molecule has 0 radical (unpaired) electrons. The third-order valence-electron chi connectivity index (χ3n) is 11.3. The molecule has 0 spiro atoms. The van der Waals surface area contributed by atoms with Crippen molar-refractivity contribution < 1.29 is 145 Å². The number of benzene rings is 2. The number of rotatable bonds is 24. The van der Waals surface area contributed by atoms with Crippen LogP contribution in [0.2, 0.25) is 0 Å². The first-order valence-electron chi connectivity index (χ1n) is 24.7. The van der Waals surface area contributed by atoms with Crippen LogP contribution >= 0.6 is 0 Å². The van der Waals surface area contributed by atoms with Crippen LogP contribution in [0.1, 0.15) is 78.4 Å². The van der Waals surface area contributed by atoms with Crippen molar-refractivity contribution in [3.8, 4) is 0 Å². The van der Waals surface area contributed by atoms with E-state index >= 15 is 0 Å². The largest absolute Gasteiger partial charge is 1.00 e. The van der Waals surface area contributed by atoms with Crippen molar-refractivity contribution in [3.05, 3.63) is 149 Å². The molecule has 1 N–H and O–H groups in total. The van der Waals surface area contributed by atoms with E-state index in [0.717, 1.165) is 9.80 Å². The van der Waals surface area contributed by atoms with Crippen molar-refractivity contribution in [1.82, 2.24) is 9.80 Å². The Morgan fingerprint density at radius 1 is 0.529 bits per heavy atom. The first-order valence-corrected chi connectivity index (χ1v) is 24.7. The number of carboxylic acid groups (broad SMARTS) is 2. The Morgan fingerprint density at radius 3 is 1.18 bits per heavy atom. The van der Waals surface area contributed by atoms with Gasteiger partial charge >= 0.3 is 83.5 Å². The Kier molecular flexibility index (Phi) is 29.2. The molecular formula is C54H59N4NaO26. The summed E-state index contributed by atoms with van der Waals surface area (Å²) < 4.78 is 50.6. The number of ether oxygens (including phenoxy) is 10. The van der Waals surface area contributed by atoms with E-state index in [1.165, 1.54) is 90.4 Å². The number of allylic oxidation sites excluding steroid dienone is 4. The van der Waals surface area contributed by atoms with Crippen LogP contribution < -0.4 is 34.7 Å². The summed E-state index contributed by atoms with van der Waals surface area (Å²) in [5, 5.41) is 42.1. The molecule has 0 saturated heterocycles. The second kappa shape index (κ2) is 34.5. The summed E-state index contributed by atoms with van der Waals surface area (Å²) >= 11 is 0. The van der Waals surface area contributed by atoms with Crippen molar-refractivity contribution in [1.29, 1.82) is 0 Å². The molecule has 0 aromatic heterocycles. The number of nitro benzene ring substituents is 2. The van der Waals surface area contributed by atoms with Crippen LogP contribution in [-0.2, 0) is 85.7 Å². The van der Waals surface area contributed by atoms with E-state index in [9.17, 15) is 73.3 Å². The Labute approximate surface area is 506 Å². The van der Waals surface area contributed by atoms with E-state index in [1.54, 1.807) is 27.7 Å². The number of hydrogen-bond donors (Lipinski definition) is 1. The van der Waals surface area contributed by atoms with Crippen LogP contribution in [-0.4, -0.2) is 151 Å². The number of esters is 6. The number of aliphatic carboxylic acids is 2. The molecule has 85 heavy (non-hydrogen) atoms. The zero-order valence-electron chi connectivity index (χ0n) is 47.9. The van der Waals surface area contributed by atoms with Gasteiger partial charge in [0.2, 0.25) is 13.6 Å². The van der Waals surface area contributed by atoms with Crippen LogP contribution in [0.5, 0.6) is 0 Å². The fourth-order valence-electron chi connectivity index (χ4n) is 7.94. The zero-order valence-corrected chi connectivity index (χ0v) is 49.9. The van der Waals surface area contributed by atoms with Gasteiger partial charge in [0, 0.05) is 79.5 Å². The fraction of sp³-hybridized carbons (Fsp3) is 0.370. The maximum Gasteiger partial charge on any atom is 1.00 e. The third kappa shape index (κ3) is 20.6. The quantitative estimate of drug-likeness (QED) is 0.0228. The molecule has 2 aromatic rings. The van der Waals surface area contributed by atoms with Crippen LogP contribution in [0, 0.1) is 20.2 Å². The van der Waals surface area contributed by atoms with E-state index < -0.39 is 107 Å². The number of carbonyl (C=O) groups is 10. The SMILES string of the molecule is COCCOC(=O)C1=C(C)N(C(=O)OCOC(=O)/C=C/C(=O)O)C(C)=C(C(=O)OC(C)C)C1c1cccc([N+](=O)[O-])c1.COCCOC(=O)C1=C(C)N(C(=O)OCOC(=O)/C=C/C(=O)[O-])C(C)=C(C(=O)OC(C)C)C1c1cccc([N+](=O)[O-])c1.[Na+]. The molecule has 2 aliphatic rings. The molecule has 0 saturated carbocycles. The molecular weight excluding hydrogens is 1140 g/mol. The second-order valence-corrected chi connectivity index (χ2v) is 17.7. The van der Waals surface area contributed by atoms with Gasteiger partial charge in [0.05, 0.1) is 75.4 Å². The van der Waals surface area contributed by atoms with Gasteiger partial charge in [-0.1, -0.05) is 24.3 Å². The second-order valence-electron chi connectivity index (χ2n) is 17.7. The molecule has 4 rings (SSSR count). The summed E-state index contributed by atoms with van der Waals surface area (Å²) in [6, 6.07) is 10.5. The molecule has 0 fully saturated rings. The number of non-ortho nitro benzene ring substituents is 2. The number of carbonyl (C=O) groups excluding carboxylic acids is 9. The Morgan fingerprint density at radius 2 is 0.871 bits per heavy atom. The zero-order chi connectivity index (χ0) is 63.1. The minimum Gasteiger partial charge on any atom is -0.545 e. The molecule has 2 atom stereocenters. The predicted molar refractivity (Wildman–Crippen MR) is 280 cm³/mol. The molecule has 2 aliphatic heterocycles. The molecule has 2 heterocycles. The van der Waals surface area contributed by atoms with E-state index in [2.05, 4.69) is 9.47 Å². The van der Waals surface area contributed by atoms with E-state index in [1.807, 2.05) is 0 Å².